The van der Waals surface area contributed by atoms with Crippen molar-refractivity contribution in [3.05, 3.63) is 24.8 Å². The zero-order valence-electron chi connectivity index (χ0n) is 15.2. The quantitative estimate of drug-likeness (QED) is 0.296. The van der Waals surface area contributed by atoms with E-state index in [1.54, 1.807) is 13.3 Å². The molecule has 0 atom stereocenters. The molecule has 0 saturated carbocycles. The van der Waals surface area contributed by atoms with Gasteiger partial charge in [-0.1, -0.05) is 0 Å². The Morgan fingerprint density at radius 1 is 1.14 bits per heavy atom. The monoisotopic (exact) mass is 632 g/mol. The van der Waals surface area contributed by atoms with Gasteiger partial charge in [0.25, 0.3) is 5.95 Å². The first kappa shape index (κ1) is 23.1. The van der Waals surface area contributed by atoms with Gasteiger partial charge in [-0.15, -0.1) is 12.4 Å². The number of benzene rings is 1. The summed E-state index contributed by atoms with van der Waals surface area (Å²) >= 11 is 4.49. The molecule has 1 aromatic carbocycles. The highest BCUT2D eigenvalue weighted by atomic mass is 127. The molecule has 1 saturated heterocycles. The van der Waals surface area contributed by atoms with Crippen LogP contribution in [0.5, 0.6) is 11.8 Å². The molecule has 0 bridgehead atoms. The Bertz CT molecular complexity index is 836. The Balaban J connectivity index is 0.00000280. The Hall–Kier alpha value is -1.19. The SMILES string of the molecule is COc1nc(NN=Cc2cc(I)cc(I)c2OC)nc(N2CCOCC2)n1.Cl. The second-order valence-electron chi connectivity index (χ2n) is 5.43. The largest absolute Gasteiger partial charge is 0.495 e. The maximum atomic E-state index is 5.46. The molecule has 0 unspecified atom stereocenters. The third-order valence-electron chi connectivity index (χ3n) is 3.69. The molecule has 152 valence electrons. The summed E-state index contributed by atoms with van der Waals surface area (Å²) in [5.41, 5.74) is 3.70. The first-order valence-electron chi connectivity index (χ1n) is 8.05. The third-order valence-corrected chi connectivity index (χ3v) is 5.11. The number of nitrogens with zero attached hydrogens (tertiary/aromatic N) is 5. The third kappa shape index (κ3) is 5.90. The number of hydrogen-bond donors (Lipinski definition) is 1. The van der Waals surface area contributed by atoms with E-state index >= 15 is 0 Å². The molecule has 1 N–H and O–H groups in total. The standard InChI is InChI=1S/C16H18I2N6O3.ClH/c1-25-13-10(7-11(17)8-12(13)18)9-19-23-14-20-15(22-16(21-14)26-2)24-3-5-27-6-4-24;/h7-9H,3-6H2,1-2H3,(H,20,21,22,23);1H. The van der Waals surface area contributed by atoms with Crippen molar-refractivity contribution < 1.29 is 14.2 Å². The van der Waals surface area contributed by atoms with Crippen LogP contribution in [0.1, 0.15) is 5.56 Å². The average molecular weight is 633 g/mol. The van der Waals surface area contributed by atoms with Gasteiger partial charge in [0.15, 0.2) is 0 Å². The van der Waals surface area contributed by atoms with Crippen molar-refractivity contribution >= 4 is 75.7 Å². The van der Waals surface area contributed by atoms with Gasteiger partial charge >= 0.3 is 6.01 Å². The van der Waals surface area contributed by atoms with Gasteiger partial charge in [-0.2, -0.15) is 20.1 Å². The number of halogens is 3. The molecule has 2 heterocycles. The van der Waals surface area contributed by atoms with Crippen molar-refractivity contribution in [1.82, 2.24) is 15.0 Å². The van der Waals surface area contributed by atoms with E-state index in [2.05, 4.69) is 70.7 Å². The first-order chi connectivity index (χ1) is 13.1. The van der Waals surface area contributed by atoms with Gasteiger partial charge < -0.3 is 19.1 Å². The van der Waals surface area contributed by atoms with Crippen LogP contribution in [0.2, 0.25) is 0 Å². The zero-order chi connectivity index (χ0) is 19.2. The zero-order valence-corrected chi connectivity index (χ0v) is 20.3. The molecule has 9 nitrogen and oxygen atoms in total. The molecule has 1 fully saturated rings. The van der Waals surface area contributed by atoms with Gasteiger partial charge in [-0.05, 0) is 57.3 Å². The fourth-order valence-electron chi connectivity index (χ4n) is 2.44. The fraction of sp³-hybridized carbons (Fsp3) is 0.375. The summed E-state index contributed by atoms with van der Waals surface area (Å²) in [5, 5.41) is 4.25. The fourth-order valence-corrected chi connectivity index (χ4v) is 4.55. The number of morpholine rings is 1. The lowest BCUT2D eigenvalue weighted by molar-refractivity contribution is 0.122. The van der Waals surface area contributed by atoms with Crippen molar-refractivity contribution in [3.8, 4) is 11.8 Å². The summed E-state index contributed by atoms with van der Waals surface area (Å²) in [4.78, 5) is 14.9. The molecule has 12 heteroatoms. The van der Waals surface area contributed by atoms with Gasteiger partial charge in [0.05, 0.1) is 37.2 Å². The van der Waals surface area contributed by atoms with Crippen molar-refractivity contribution in [2.24, 2.45) is 5.10 Å². The number of methoxy groups -OCH3 is 2. The molecule has 28 heavy (non-hydrogen) atoms. The first-order valence-corrected chi connectivity index (χ1v) is 10.2. The molecule has 1 aromatic heterocycles. The van der Waals surface area contributed by atoms with Gasteiger partial charge in [0, 0.05) is 22.2 Å². The van der Waals surface area contributed by atoms with Gasteiger partial charge in [0.1, 0.15) is 5.75 Å². The number of anilines is 2. The van der Waals surface area contributed by atoms with E-state index in [0.717, 1.165) is 18.5 Å². The predicted molar refractivity (Wildman–Crippen MR) is 126 cm³/mol. The van der Waals surface area contributed by atoms with Crippen molar-refractivity contribution in [2.75, 3.05) is 50.8 Å². The van der Waals surface area contributed by atoms with Gasteiger partial charge in [0.2, 0.25) is 5.95 Å². The maximum Gasteiger partial charge on any atom is 0.322 e. The minimum atomic E-state index is 0. The summed E-state index contributed by atoms with van der Waals surface area (Å²) in [6.45, 7) is 2.71. The van der Waals surface area contributed by atoms with E-state index in [9.17, 15) is 0 Å². The minimum Gasteiger partial charge on any atom is -0.495 e. The van der Waals surface area contributed by atoms with E-state index in [1.807, 2.05) is 17.0 Å². The van der Waals surface area contributed by atoms with Crippen LogP contribution in [0.4, 0.5) is 11.9 Å². The highest BCUT2D eigenvalue weighted by Gasteiger charge is 2.16. The average Bonchev–Trinajstić information content (AvgIpc) is 2.68. The smallest absolute Gasteiger partial charge is 0.322 e. The summed E-state index contributed by atoms with van der Waals surface area (Å²) in [6, 6.07) is 4.25. The van der Waals surface area contributed by atoms with Crippen molar-refractivity contribution in [2.45, 2.75) is 0 Å². The van der Waals surface area contributed by atoms with Crippen LogP contribution < -0.4 is 19.8 Å². The maximum absolute atomic E-state index is 5.46. The normalized spacial score (nSPS) is 13.9. The van der Waals surface area contributed by atoms with Crippen LogP contribution in [-0.4, -0.2) is 61.7 Å². The highest BCUT2D eigenvalue weighted by molar-refractivity contribution is 14.1. The predicted octanol–water partition coefficient (Wildman–Crippen LogP) is 2.80. The second-order valence-corrected chi connectivity index (χ2v) is 7.83. The van der Waals surface area contributed by atoms with Crippen LogP contribution in [0.25, 0.3) is 0 Å². The van der Waals surface area contributed by atoms with E-state index in [4.69, 9.17) is 14.2 Å². The van der Waals surface area contributed by atoms with Crippen molar-refractivity contribution in [3.63, 3.8) is 0 Å². The molecule has 0 aliphatic carbocycles. The van der Waals surface area contributed by atoms with Crippen LogP contribution >= 0.6 is 57.6 Å². The highest BCUT2D eigenvalue weighted by Crippen LogP contribution is 2.27. The summed E-state index contributed by atoms with van der Waals surface area (Å²) in [5.74, 6) is 1.60. The van der Waals surface area contributed by atoms with E-state index in [0.29, 0.717) is 38.2 Å². The summed E-state index contributed by atoms with van der Waals surface area (Å²) in [6.07, 6.45) is 1.67. The number of hydrazone groups is 1. The van der Waals surface area contributed by atoms with E-state index < -0.39 is 0 Å². The molecular formula is C16H19ClI2N6O3. The number of nitrogens with one attached hydrogen (secondary N) is 1. The molecular weight excluding hydrogens is 613 g/mol. The minimum absolute atomic E-state index is 0. The van der Waals surface area contributed by atoms with Crippen molar-refractivity contribution in [1.29, 1.82) is 0 Å². The van der Waals surface area contributed by atoms with Crippen LogP contribution in [0.15, 0.2) is 17.2 Å². The van der Waals surface area contributed by atoms with Crippen LogP contribution in [-0.2, 0) is 4.74 Å². The van der Waals surface area contributed by atoms with E-state index in [1.165, 1.54) is 7.11 Å². The van der Waals surface area contributed by atoms with Crippen LogP contribution in [0.3, 0.4) is 0 Å². The van der Waals surface area contributed by atoms with Gasteiger partial charge in [-0.3, -0.25) is 0 Å². The summed E-state index contributed by atoms with van der Waals surface area (Å²) < 4.78 is 18.1. The lowest BCUT2D eigenvalue weighted by Gasteiger charge is -2.26. The van der Waals surface area contributed by atoms with Crippen LogP contribution in [0, 0.1) is 7.14 Å². The molecule has 0 amide bonds. The molecule has 0 radical (unpaired) electrons. The number of ether oxygens (including phenoxy) is 3. The molecule has 1 aliphatic heterocycles. The molecule has 1 aliphatic rings. The Morgan fingerprint density at radius 2 is 1.89 bits per heavy atom. The lowest BCUT2D eigenvalue weighted by Crippen LogP contribution is -2.37. The van der Waals surface area contributed by atoms with E-state index in [-0.39, 0.29) is 18.4 Å². The Morgan fingerprint density at radius 3 is 2.57 bits per heavy atom. The van der Waals surface area contributed by atoms with Gasteiger partial charge in [-0.25, -0.2) is 5.43 Å². The second kappa shape index (κ2) is 11.1. The topological polar surface area (TPSA) is 94.0 Å². The number of aromatic nitrogens is 3. The number of hydrogen-bond acceptors (Lipinski definition) is 9. The molecule has 0 spiro atoms. The Labute approximate surface area is 196 Å². The molecule has 2 aromatic rings. The number of rotatable bonds is 6. The summed E-state index contributed by atoms with van der Waals surface area (Å²) in [7, 11) is 3.16. The lowest BCUT2D eigenvalue weighted by atomic mass is 10.2. The Kier molecular flexibility index (Phi) is 9.17. The molecule has 3 rings (SSSR count).